The third kappa shape index (κ3) is 3.95. The van der Waals surface area contributed by atoms with Gasteiger partial charge in [0.05, 0.1) is 12.7 Å². The third-order valence-corrected chi connectivity index (χ3v) is 3.61. The Hall–Kier alpha value is -3.35. The largest absolute Gasteiger partial charge is 0.459 e. The molecular weight excluding hydrogens is 324 g/mol. The number of carbonyl (C=O) groups excluding carboxylic acids is 3. The summed E-state index contributed by atoms with van der Waals surface area (Å²) in [6.07, 6.45) is 2.96. The van der Waals surface area contributed by atoms with Crippen molar-refractivity contribution in [1.29, 1.82) is 0 Å². The van der Waals surface area contributed by atoms with E-state index in [-0.39, 0.29) is 31.1 Å². The Morgan fingerprint density at radius 1 is 1.12 bits per heavy atom. The summed E-state index contributed by atoms with van der Waals surface area (Å²) in [5, 5.41) is 3.32. The Bertz CT molecular complexity index is 895. The van der Waals surface area contributed by atoms with Gasteiger partial charge in [-0.15, -0.1) is 0 Å². The number of hydrogen-bond donors (Lipinski definition) is 2. The van der Waals surface area contributed by atoms with Gasteiger partial charge < -0.3 is 19.5 Å². The van der Waals surface area contributed by atoms with Gasteiger partial charge in [-0.1, -0.05) is 18.2 Å². The molecule has 0 aliphatic heterocycles. The summed E-state index contributed by atoms with van der Waals surface area (Å²) in [4.78, 5) is 38.5. The standard InChI is InChI=1S/C18H16N2O5/c21-15(13-10-20-14-5-2-1-4-12(13)14)11-25-17(22)7-8-19-18(23)16-6-3-9-24-16/h1-6,9-10,20H,7-8,11H2,(H,19,23). The molecular formula is C18H16N2O5. The van der Waals surface area contributed by atoms with E-state index in [4.69, 9.17) is 9.15 Å². The number of ether oxygens (including phenoxy) is 1. The van der Waals surface area contributed by atoms with Crippen molar-refractivity contribution >= 4 is 28.6 Å². The molecule has 7 heteroatoms. The normalized spacial score (nSPS) is 10.6. The maximum absolute atomic E-state index is 12.2. The van der Waals surface area contributed by atoms with Crippen LogP contribution in [0.15, 0.2) is 53.3 Å². The van der Waals surface area contributed by atoms with E-state index in [2.05, 4.69) is 10.3 Å². The predicted octanol–water partition coefficient (Wildman–Crippen LogP) is 2.31. The molecule has 0 saturated heterocycles. The number of ketones is 1. The minimum Gasteiger partial charge on any atom is -0.459 e. The highest BCUT2D eigenvalue weighted by Crippen LogP contribution is 2.18. The summed E-state index contributed by atoms with van der Waals surface area (Å²) in [7, 11) is 0. The molecule has 1 amide bonds. The smallest absolute Gasteiger partial charge is 0.308 e. The van der Waals surface area contributed by atoms with Gasteiger partial charge in [0.1, 0.15) is 0 Å². The summed E-state index contributed by atoms with van der Waals surface area (Å²) in [5.41, 5.74) is 1.33. The van der Waals surface area contributed by atoms with Crippen molar-refractivity contribution in [2.45, 2.75) is 6.42 Å². The second kappa shape index (κ2) is 7.48. The molecule has 2 aromatic heterocycles. The highest BCUT2D eigenvalue weighted by Gasteiger charge is 2.14. The third-order valence-electron chi connectivity index (χ3n) is 3.61. The highest BCUT2D eigenvalue weighted by molar-refractivity contribution is 6.08. The predicted molar refractivity (Wildman–Crippen MR) is 89.2 cm³/mol. The number of amides is 1. The number of fused-ring (bicyclic) bond motifs is 1. The fourth-order valence-electron chi connectivity index (χ4n) is 2.37. The first kappa shape index (κ1) is 16.5. The van der Waals surface area contributed by atoms with Crippen molar-refractivity contribution in [2.75, 3.05) is 13.2 Å². The number of aromatic amines is 1. The average Bonchev–Trinajstić information content (AvgIpc) is 3.29. The molecule has 0 radical (unpaired) electrons. The van der Waals surface area contributed by atoms with Gasteiger partial charge >= 0.3 is 5.97 Å². The Morgan fingerprint density at radius 2 is 1.96 bits per heavy atom. The number of H-pyrrole nitrogens is 1. The van der Waals surface area contributed by atoms with Crippen LogP contribution < -0.4 is 5.32 Å². The van der Waals surface area contributed by atoms with E-state index >= 15 is 0 Å². The van der Waals surface area contributed by atoms with Gasteiger partial charge in [-0.3, -0.25) is 14.4 Å². The molecule has 0 bridgehead atoms. The van der Waals surface area contributed by atoms with E-state index < -0.39 is 11.9 Å². The fourth-order valence-corrected chi connectivity index (χ4v) is 2.37. The van der Waals surface area contributed by atoms with Gasteiger partial charge in [0, 0.05) is 29.2 Å². The second-order valence-electron chi connectivity index (χ2n) is 5.31. The van der Waals surface area contributed by atoms with Gasteiger partial charge in [-0.2, -0.15) is 0 Å². The van der Waals surface area contributed by atoms with Crippen LogP contribution in [0.5, 0.6) is 0 Å². The Kier molecular flexibility index (Phi) is 4.94. The maximum Gasteiger partial charge on any atom is 0.308 e. The minimum atomic E-state index is -0.562. The van der Waals surface area contributed by atoms with Gasteiger partial charge in [0.15, 0.2) is 12.4 Å². The molecule has 7 nitrogen and oxygen atoms in total. The number of para-hydroxylation sites is 1. The van der Waals surface area contributed by atoms with Crippen LogP contribution >= 0.6 is 0 Å². The number of aromatic nitrogens is 1. The molecule has 1 aromatic carbocycles. The van der Waals surface area contributed by atoms with Crippen LogP contribution in [0.2, 0.25) is 0 Å². The number of rotatable bonds is 7. The first-order chi connectivity index (χ1) is 12.1. The first-order valence-electron chi connectivity index (χ1n) is 7.72. The lowest BCUT2D eigenvalue weighted by molar-refractivity contribution is -0.142. The second-order valence-corrected chi connectivity index (χ2v) is 5.31. The van der Waals surface area contributed by atoms with Gasteiger partial charge in [-0.05, 0) is 18.2 Å². The molecule has 0 saturated carbocycles. The summed E-state index contributed by atoms with van der Waals surface area (Å²) >= 11 is 0. The topological polar surface area (TPSA) is 101 Å². The lowest BCUT2D eigenvalue weighted by Gasteiger charge is -2.05. The zero-order chi connectivity index (χ0) is 17.6. The molecule has 0 spiro atoms. The van der Waals surface area contributed by atoms with Crippen molar-refractivity contribution < 1.29 is 23.5 Å². The summed E-state index contributed by atoms with van der Waals surface area (Å²) in [6, 6.07) is 10.5. The van der Waals surface area contributed by atoms with Crippen molar-refractivity contribution in [2.24, 2.45) is 0 Å². The number of carbonyl (C=O) groups is 3. The van der Waals surface area contributed by atoms with Crippen molar-refractivity contribution in [3.8, 4) is 0 Å². The van der Waals surface area contributed by atoms with Gasteiger partial charge in [0.25, 0.3) is 5.91 Å². The molecule has 2 N–H and O–H groups in total. The van der Waals surface area contributed by atoms with Crippen molar-refractivity contribution in [3.63, 3.8) is 0 Å². The monoisotopic (exact) mass is 340 g/mol. The Balaban J connectivity index is 1.44. The van der Waals surface area contributed by atoms with Gasteiger partial charge in [-0.25, -0.2) is 0 Å². The molecule has 25 heavy (non-hydrogen) atoms. The molecule has 0 aliphatic rings. The van der Waals surface area contributed by atoms with Crippen LogP contribution in [-0.4, -0.2) is 35.8 Å². The number of nitrogens with one attached hydrogen (secondary N) is 2. The van der Waals surface area contributed by atoms with E-state index in [9.17, 15) is 14.4 Å². The molecule has 0 atom stereocenters. The number of Topliss-reactive ketones (excluding diaryl/α,β-unsaturated/α-hetero) is 1. The molecule has 0 unspecified atom stereocenters. The minimum absolute atomic E-state index is 0.0341. The zero-order valence-corrected chi connectivity index (χ0v) is 13.3. The number of benzene rings is 1. The Labute approximate surface area is 143 Å². The zero-order valence-electron chi connectivity index (χ0n) is 13.3. The summed E-state index contributed by atoms with van der Waals surface area (Å²) in [5.74, 6) is -1.09. The average molecular weight is 340 g/mol. The molecule has 0 aliphatic carbocycles. The molecule has 128 valence electrons. The van der Waals surface area contributed by atoms with Crippen LogP contribution in [0, 0.1) is 0 Å². The summed E-state index contributed by atoms with van der Waals surface area (Å²) < 4.78 is 9.90. The van der Waals surface area contributed by atoms with Crippen LogP contribution in [-0.2, 0) is 9.53 Å². The molecule has 0 fully saturated rings. The molecule has 3 rings (SSSR count). The molecule has 3 aromatic rings. The lowest BCUT2D eigenvalue weighted by Crippen LogP contribution is -2.26. The van der Waals surface area contributed by atoms with E-state index in [1.54, 1.807) is 12.3 Å². The fraction of sp³-hybridized carbons (Fsp3) is 0.167. The van der Waals surface area contributed by atoms with E-state index in [0.29, 0.717) is 5.56 Å². The van der Waals surface area contributed by atoms with Crippen LogP contribution in [0.3, 0.4) is 0 Å². The van der Waals surface area contributed by atoms with Crippen LogP contribution in [0.1, 0.15) is 27.3 Å². The van der Waals surface area contributed by atoms with Crippen LogP contribution in [0.25, 0.3) is 10.9 Å². The number of furan rings is 1. The maximum atomic E-state index is 12.2. The van der Waals surface area contributed by atoms with E-state index in [0.717, 1.165) is 10.9 Å². The Morgan fingerprint density at radius 3 is 2.76 bits per heavy atom. The highest BCUT2D eigenvalue weighted by atomic mass is 16.5. The SMILES string of the molecule is O=C(CCNC(=O)c1ccco1)OCC(=O)c1c[nH]c2ccccc12. The first-order valence-corrected chi connectivity index (χ1v) is 7.72. The number of esters is 1. The van der Waals surface area contributed by atoms with Crippen molar-refractivity contribution in [1.82, 2.24) is 10.3 Å². The van der Waals surface area contributed by atoms with E-state index in [1.807, 2.05) is 24.3 Å². The lowest BCUT2D eigenvalue weighted by atomic mass is 10.1. The van der Waals surface area contributed by atoms with E-state index in [1.165, 1.54) is 12.3 Å². The molecule has 2 heterocycles. The quantitative estimate of drug-likeness (QED) is 0.508. The van der Waals surface area contributed by atoms with Crippen molar-refractivity contribution in [3.05, 3.63) is 60.2 Å². The summed E-state index contributed by atoms with van der Waals surface area (Å²) in [6.45, 7) is -0.244. The van der Waals surface area contributed by atoms with Gasteiger partial charge in [0.2, 0.25) is 5.78 Å². The van der Waals surface area contributed by atoms with Crippen LogP contribution in [0.4, 0.5) is 0 Å². The number of hydrogen-bond acceptors (Lipinski definition) is 5.